The fourth-order valence-corrected chi connectivity index (χ4v) is 6.82. The highest BCUT2D eigenvalue weighted by Crippen LogP contribution is 2.62. The molecule has 2 amide bonds. The van der Waals surface area contributed by atoms with Crippen molar-refractivity contribution in [2.45, 2.75) is 45.4 Å². The Bertz CT molecular complexity index is 801. The normalized spacial score (nSPS) is 30.8. The first-order valence-electron chi connectivity index (χ1n) is 11.6. The van der Waals surface area contributed by atoms with Crippen LogP contribution >= 0.6 is 0 Å². The quantitative estimate of drug-likeness (QED) is 0.761. The van der Waals surface area contributed by atoms with Crippen LogP contribution in [0, 0.1) is 16.7 Å². The van der Waals surface area contributed by atoms with Crippen molar-refractivity contribution in [1.29, 1.82) is 0 Å². The minimum Gasteiger partial charge on any atom is -0.342 e. The second-order valence-electron chi connectivity index (χ2n) is 9.78. The Morgan fingerprint density at radius 3 is 2.50 bits per heavy atom. The summed E-state index contributed by atoms with van der Waals surface area (Å²) in [6.45, 7) is 8.59. The SMILES string of the molecule is CCN1C[C@H]2C3(CCN(C(=O)c4ccncn4)CC3)CC[C@@]2(C(=O)N2CCCC2)C1. The molecule has 1 aromatic rings. The standard InChI is InChI=1S/C23H33N5O2/c1-2-26-15-19-22(6-7-23(19,16-26)21(30)28-11-3-4-12-28)8-13-27(14-9-22)20(29)18-5-10-24-17-25-18/h5,10,17,19H,2-4,6-9,11-16H2,1H3/t19-,23+/m0/s1. The Morgan fingerprint density at radius 2 is 1.83 bits per heavy atom. The van der Waals surface area contributed by atoms with Gasteiger partial charge in [0, 0.05) is 45.5 Å². The van der Waals surface area contributed by atoms with Gasteiger partial charge >= 0.3 is 0 Å². The van der Waals surface area contributed by atoms with E-state index in [-0.39, 0.29) is 16.7 Å². The van der Waals surface area contributed by atoms with Gasteiger partial charge in [0.05, 0.1) is 5.41 Å². The van der Waals surface area contributed by atoms with Crippen LogP contribution in [0.1, 0.15) is 55.9 Å². The van der Waals surface area contributed by atoms with Crippen LogP contribution in [0.5, 0.6) is 0 Å². The van der Waals surface area contributed by atoms with E-state index in [4.69, 9.17) is 0 Å². The van der Waals surface area contributed by atoms with Crippen LogP contribution < -0.4 is 0 Å². The molecule has 0 N–H and O–H groups in total. The number of piperidine rings is 1. The fourth-order valence-electron chi connectivity index (χ4n) is 6.82. The number of amides is 2. The highest BCUT2D eigenvalue weighted by atomic mass is 16.2. The van der Waals surface area contributed by atoms with Crippen LogP contribution in [-0.2, 0) is 4.79 Å². The third-order valence-corrected chi connectivity index (χ3v) is 8.54. The lowest BCUT2D eigenvalue weighted by molar-refractivity contribution is -0.142. The van der Waals surface area contributed by atoms with Gasteiger partial charge in [0.25, 0.3) is 5.91 Å². The number of hydrogen-bond donors (Lipinski definition) is 0. The molecule has 2 atom stereocenters. The average molecular weight is 412 g/mol. The highest BCUT2D eigenvalue weighted by molar-refractivity contribution is 5.92. The minimum atomic E-state index is -0.195. The summed E-state index contributed by atoms with van der Waals surface area (Å²) < 4.78 is 0. The molecule has 7 nitrogen and oxygen atoms in total. The third-order valence-electron chi connectivity index (χ3n) is 8.54. The predicted octanol–water partition coefficient (Wildman–Crippen LogP) is 2.05. The monoisotopic (exact) mass is 411 g/mol. The van der Waals surface area contributed by atoms with Crippen molar-refractivity contribution in [3.8, 4) is 0 Å². The van der Waals surface area contributed by atoms with Gasteiger partial charge in [-0.1, -0.05) is 6.92 Å². The van der Waals surface area contributed by atoms with Gasteiger partial charge in [-0.25, -0.2) is 9.97 Å². The summed E-state index contributed by atoms with van der Waals surface area (Å²) in [5.41, 5.74) is 0.477. The smallest absolute Gasteiger partial charge is 0.272 e. The van der Waals surface area contributed by atoms with Crippen molar-refractivity contribution >= 4 is 11.8 Å². The molecule has 3 aliphatic heterocycles. The second kappa shape index (κ2) is 7.59. The third kappa shape index (κ3) is 3.04. The Morgan fingerprint density at radius 1 is 1.07 bits per heavy atom. The number of carbonyl (C=O) groups excluding carboxylic acids is 2. The number of fused-ring (bicyclic) bond motifs is 2. The summed E-state index contributed by atoms with van der Waals surface area (Å²) >= 11 is 0. The number of hydrogen-bond acceptors (Lipinski definition) is 5. The van der Waals surface area contributed by atoms with Gasteiger partial charge < -0.3 is 14.7 Å². The van der Waals surface area contributed by atoms with Crippen LogP contribution in [0.3, 0.4) is 0 Å². The summed E-state index contributed by atoms with van der Waals surface area (Å²) in [5.74, 6) is 0.859. The summed E-state index contributed by atoms with van der Waals surface area (Å²) in [7, 11) is 0. The Kier molecular flexibility index (Phi) is 5.04. The van der Waals surface area contributed by atoms with E-state index in [0.717, 1.165) is 84.3 Å². The zero-order valence-corrected chi connectivity index (χ0v) is 18.1. The predicted molar refractivity (Wildman–Crippen MR) is 113 cm³/mol. The second-order valence-corrected chi connectivity index (χ2v) is 9.78. The first kappa shape index (κ1) is 19.9. The van der Waals surface area contributed by atoms with E-state index >= 15 is 0 Å². The molecule has 5 rings (SSSR count). The zero-order valence-electron chi connectivity index (χ0n) is 18.1. The number of likely N-dealkylation sites (tertiary alicyclic amines) is 3. The van der Waals surface area contributed by atoms with E-state index in [1.165, 1.54) is 6.33 Å². The largest absolute Gasteiger partial charge is 0.342 e. The maximum Gasteiger partial charge on any atom is 0.272 e. The fraction of sp³-hybridized carbons (Fsp3) is 0.739. The maximum atomic E-state index is 13.7. The van der Waals surface area contributed by atoms with Gasteiger partial charge in [-0.3, -0.25) is 9.59 Å². The van der Waals surface area contributed by atoms with Crippen LogP contribution in [0.2, 0.25) is 0 Å². The number of nitrogens with zero attached hydrogens (tertiary/aromatic N) is 5. The van der Waals surface area contributed by atoms with Crippen LogP contribution in [0.25, 0.3) is 0 Å². The molecule has 4 heterocycles. The van der Waals surface area contributed by atoms with Gasteiger partial charge in [0.1, 0.15) is 12.0 Å². The molecule has 4 fully saturated rings. The first-order valence-corrected chi connectivity index (χ1v) is 11.6. The molecule has 7 heteroatoms. The Balaban J connectivity index is 1.34. The van der Waals surface area contributed by atoms with Crippen LogP contribution in [-0.4, -0.2) is 82.3 Å². The molecule has 0 radical (unpaired) electrons. The van der Waals surface area contributed by atoms with Crippen molar-refractivity contribution < 1.29 is 9.59 Å². The zero-order chi connectivity index (χ0) is 20.8. The number of rotatable bonds is 3. The van der Waals surface area contributed by atoms with Crippen LogP contribution in [0.4, 0.5) is 0 Å². The Labute approximate surface area is 178 Å². The molecule has 0 bridgehead atoms. The molecule has 30 heavy (non-hydrogen) atoms. The molecule has 1 saturated carbocycles. The van der Waals surface area contributed by atoms with Gasteiger partial charge in [0.15, 0.2) is 0 Å². The van der Waals surface area contributed by atoms with Crippen molar-refractivity contribution in [1.82, 2.24) is 24.7 Å². The van der Waals surface area contributed by atoms with E-state index in [9.17, 15) is 9.59 Å². The van der Waals surface area contributed by atoms with E-state index in [1.807, 2.05) is 4.90 Å². The molecule has 0 unspecified atom stereocenters. The molecular weight excluding hydrogens is 378 g/mol. The van der Waals surface area contributed by atoms with Crippen molar-refractivity contribution in [2.24, 2.45) is 16.7 Å². The topological polar surface area (TPSA) is 69.6 Å². The molecule has 4 aliphatic rings. The van der Waals surface area contributed by atoms with E-state index in [2.05, 4.69) is 26.7 Å². The Hall–Kier alpha value is -2.02. The van der Waals surface area contributed by atoms with Gasteiger partial charge in [-0.15, -0.1) is 0 Å². The summed E-state index contributed by atoms with van der Waals surface area (Å²) in [6, 6.07) is 1.69. The molecule has 1 aromatic heterocycles. The van der Waals surface area contributed by atoms with E-state index in [0.29, 0.717) is 17.5 Å². The molecule has 1 spiro atoms. The molecule has 3 saturated heterocycles. The lowest BCUT2D eigenvalue weighted by atomic mass is 9.65. The highest BCUT2D eigenvalue weighted by Gasteiger charge is 2.64. The molecule has 0 aromatic carbocycles. The van der Waals surface area contributed by atoms with Crippen molar-refractivity contribution in [2.75, 3.05) is 45.8 Å². The minimum absolute atomic E-state index is 0.00580. The summed E-state index contributed by atoms with van der Waals surface area (Å²) in [5, 5.41) is 0. The molecular formula is C23H33N5O2. The van der Waals surface area contributed by atoms with E-state index < -0.39 is 0 Å². The van der Waals surface area contributed by atoms with Crippen molar-refractivity contribution in [3.63, 3.8) is 0 Å². The number of aromatic nitrogens is 2. The first-order chi connectivity index (χ1) is 14.6. The average Bonchev–Trinajstić information content (AvgIpc) is 3.52. The van der Waals surface area contributed by atoms with Crippen LogP contribution in [0.15, 0.2) is 18.6 Å². The van der Waals surface area contributed by atoms with Gasteiger partial charge in [-0.2, -0.15) is 0 Å². The summed E-state index contributed by atoms with van der Waals surface area (Å²) in [4.78, 5) is 41.2. The van der Waals surface area contributed by atoms with Gasteiger partial charge in [0.2, 0.25) is 5.91 Å². The molecule has 162 valence electrons. The number of carbonyl (C=O) groups is 2. The molecule has 1 aliphatic carbocycles. The summed E-state index contributed by atoms with van der Waals surface area (Å²) in [6.07, 6.45) is 9.50. The lowest BCUT2D eigenvalue weighted by Gasteiger charge is -2.44. The van der Waals surface area contributed by atoms with Crippen molar-refractivity contribution in [3.05, 3.63) is 24.3 Å². The van der Waals surface area contributed by atoms with Gasteiger partial charge in [-0.05, 0) is 62.5 Å². The lowest BCUT2D eigenvalue weighted by Crippen LogP contribution is -2.50. The maximum absolute atomic E-state index is 13.7. The van der Waals surface area contributed by atoms with E-state index in [1.54, 1.807) is 12.3 Å².